The van der Waals surface area contributed by atoms with Crippen molar-refractivity contribution in [1.82, 2.24) is 10.2 Å². The predicted molar refractivity (Wildman–Crippen MR) is 139 cm³/mol. The molecule has 0 bridgehead atoms. The number of fused-ring (bicyclic) bond motifs is 1. The van der Waals surface area contributed by atoms with Gasteiger partial charge >= 0.3 is 0 Å². The Bertz CT molecular complexity index is 1230. The average molecular weight is 466 g/mol. The molecule has 1 aliphatic heterocycles. The molecule has 3 aromatic carbocycles. The third-order valence-corrected chi connectivity index (χ3v) is 6.95. The van der Waals surface area contributed by atoms with Crippen molar-refractivity contribution in [2.24, 2.45) is 4.99 Å². The lowest BCUT2D eigenvalue weighted by Crippen LogP contribution is -2.55. The number of benzene rings is 3. The Morgan fingerprint density at radius 3 is 2.34 bits per heavy atom. The summed E-state index contributed by atoms with van der Waals surface area (Å²) in [4.78, 5) is 34.6. The Kier molecular flexibility index (Phi) is 6.75. The van der Waals surface area contributed by atoms with Crippen LogP contribution < -0.4 is 5.32 Å². The monoisotopic (exact) mass is 465 g/mol. The van der Waals surface area contributed by atoms with Crippen LogP contribution >= 0.6 is 0 Å². The van der Waals surface area contributed by atoms with Crippen LogP contribution in [-0.4, -0.2) is 34.5 Å². The number of aryl methyl sites for hydroxylation is 1. The highest BCUT2D eigenvalue weighted by molar-refractivity contribution is 6.21. The number of carbonyl (C=O) groups excluding carboxylic acids is 2. The molecule has 35 heavy (non-hydrogen) atoms. The van der Waals surface area contributed by atoms with E-state index in [9.17, 15) is 9.59 Å². The van der Waals surface area contributed by atoms with Gasteiger partial charge in [-0.2, -0.15) is 0 Å². The van der Waals surface area contributed by atoms with Crippen molar-refractivity contribution in [3.05, 3.63) is 101 Å². The molecular weight excluding hydrogens is 434 g/mol. The van der Waals surface area contributed by atoms with E-state index in [1.807, 2.05) is 79.7 Å². The Morgan fingerprint density at radius 1 is 0.914 bits per heavy atom. The number of carbonyl (C=O) groups is 2. The minimum absolute atomic E-state index is 0.134. The van der Waals surface area contributed by atoms with Crippen molar-refractivity contribution in [3.63, 3.8) is 0 Å². The van der Waals surface area contributed by atoms with Crippen LogP contribution in [0.4, 0.5) is 5.69 Å². The molecule has 1 heterocycles. The molecule has 1 aliphatic carbocycles. The number of hydrogen-bond acceptors (Lipinski definition) is 3. The van der Waals surface area contributed by atoms with Gasteiger partial charge < -0.3 is 10.2 Å². The van der Waals surface area contributed by atoms with Crippen molar-refractivity contribution in [1.29, 1.82) is 0 Å². The molecule has 2 amide bonds. The molecule has 3 aromatic rings. The molecule has 5 heteroatoms. The first-order valence-corrected chi connectivity index (χ1v) is 12.5. The molecule has 5 rings (SSSR count). The summed E-state index contributed by atoms with van der Waals surface area (Å²) >= 11 is 0. The molecule has 1 unspecified atom stereocenters. The number of para-hydroxylation sites is 1. The molecule has 0 saturated heterocycles. The molecule has 1 atom stereocenters. The van der Waals surface area contributed by atoms with Gasteiger partial charge in [0.05, 0.1) is 17.0 Å². The topological polar surface area (TPSA) is 61.8 Å². The fraction of sp³-hybridized carbons (Fsp3) is 0.300. The minimum atomic E-state index is -0.833. The van der Waals surface area contributed by atoms with E-state index in [2.05, 4.69) is 5.32 Å². The average Bonchev–Trinajstić information content (AvgIpc) is 3.01. The van der Waals surface area contributed by atoms with Gasteiger partial charge in [0.2, 0.25) is 5.91 Å². The Morgan fingerprint density at radius 2 is 1.60 bits per heavy atom. The third kappa shape index (κ3) is 5.04. The van der Waals surface area contributed by atoms with Crippen molar-refractivity contribution < 1.29 is 9.59 Å². The highest BCUT2D eigenvalue weighted by Crippen LogP contribution is 2.30. The van der Waals surface area contributed by atoms with Crippen molar-refractivity contribution >= 4 is 23.2 Å². The smallest absolute Gasteiger partial charge is 0.257 e. The summed E-state index contributed by atoms with van der Waals surface area (Å²) in [5, 5.41) is 3.27. The van der Waals surface area contributed by atoms with Gasteiger partial charge in [0, 0.05) is 12.6 Å². The number of hydrogen-bond donors (Lipinski definition) is 1. The van der Waals surface area contributed by atoms with Crippen LogP contribution in [0.15, 0.2) is 83.9 Å². The molecule has 1 N–H and O–H groups in total. The molecule has 2 aliphatic rings. The molecule has 178 valence electrons. The van der Waals surface area contributed by atoms with Crippen molar-refractivity contribution in [2.75, 3.05) is 0 Å². The van der Waals surface area contributed by atoms with Crippen LogP contribution in [0.2, 0.25) is 0 Å². The van der Waals surface area contributed by atoms with Crippen LogP contribution in [0.25, 0.3) is 0 Å². The standard InChI is InChI=1S/C30H31N3O2/c1-21-16-18-22(19-17-21)20-33-28(29(34)31-24-12-6-3-7-13-24)27(23-10-4-2-5-11-23)32-26-15-9-8-14-25(26)30(33)35/h2,4-5,8-11,14-19,24,28H,3,6-7,12-13,20H2,1H3,(H,31,34). The molecule has 1 fully saturated rings. The summed E-state index contributed by atoms with van der Waals surface area (Å²) in [6.45, 7) is 2.36. The van der Waals surface area contributed by atoms with E-state index in [-0.39, 0.29) is 17.9 Å². The number of nitrogens with zero attached hydrogens (tertiary/aromatic N) is 2. The second kappa shape index (κ2) is 10.3. The largest absolute Gasteiger partial charge is 0.351 e. The first kappa shape index (κ1) is 23.0. The molecule has 0 radical (unpaired) electrons. The zero-order chi connectivity index (χ0) is 24.2. The summed E-state index contributed by atoms with van der Waals surface area (Å²) in [7, 11) is 0. The van der Waals surface area contributed by atoms with Gasteiger partial charge in [0.15, 0.2) is 6.04 Å². The van der Waals surface area contributed by atoms with Gasteiger partial charge in [0.1, 0.15) is 0 Å². The Balaban J connectivity index is 1.61. The van der Waals surface area contributed by atoms with Gasteiger partial charge in [-0.1, -0.05) is 91.6 Å². The van der Waals surface area contributed by atoms with Crippen LogP contribution in [0.3, 0.4) is 0 Å². The molecule has 0 aromatic heterocycles. The summed E-state index contributed by atoms with van der Waals surface area (Å²) in [5.41, 5.74) is 4.68. The first-order valence-electron chi connectivity index (χ1n) is 12.5. The lowest BCUT2D eigenvalue weighted by molar-refractivity contribution is -0.124. The van der Waals surface area contributed by atoms with Crippen LogP contribution in [0, 0.1) is 6.92 Å². The second-order valence-corrected chi connectivity index (χ2v) is 9.54. The summed E-state index contributed by atoms with van der Waals surface area (Å²) < 4.78 is 0. The van der Waals surface area contributed by atoms with Crippen molar-refractivity contribution in [3.8, 4) is 0 Å². The molecule has 1 saturated carbocycles. The molecule has 5 nitrogen and oxygen atoms in total. The van der Waals surface area contributed by atoms with Gasteiger partial charge in [-0.25, -0.2) is 4.99 Å². The lowest BCUT2D eigenvalue weighted by atomic mass is 9.94. The summed E-state index contributed by atoms with van der Waals surface area (Å²) in [5.74, 6) is -0.340. The maximum atomic E-state index is 14.0. The van der Waals surface area contributed by atoms with E-state index in [4.69, 9.17) is 4.99 Å². The van der Waals surface area contributed by atoms with Gasteiger partial charge in [0.25, 0.3) is 5.91 Å². The molecule has 0 spiro atoms. The van der Waals surface area contributed by atoms with E-state index in [1.165, 1.54) is 6.42 Å². The Labute approximate surface area is 206 Å². The summed E-state index contributed by atoms with van der Waals surface area (Å²) in [6.07, 6.45) is 5.39. The van der Waals surface area contributed by atoms with Crippen LogP contribution in [-0.2, 0) is 11.3 Å². The first-order chi connectivity index (χ1) is 17.1. The number of aliphatic imine (C=N–C) groups is 1. The Hall–Kier alpha value is -3.73. The van der Waals surface area contributed by atoms with Gasteiger partial charge in [-0.15, -0.1) is 0 Å². The SMILES string of the molecule is Cc1ccc(CN2C(=O)c3ccccc3N=C(c3ccccc3)C2C(=O)NC2CCCCC2)cc1. The summed E-state index contributed by atoms with van der Waals surface area (Å²) in [6, 6.07) is 24.5. The number of amides is 2. The van der Waals surface area contributed by atoms with E-state index in [0.29, 0.717) is 23.5 Å². The number of nitrogens with one attached hydrogen (secondary N) is 1. The highest BCUT2D eigenvalue weighted by Gasteiger charge is 2.39. The minimum Gasteiger partial charge on any atom is -0.351 e. The zero-order valence-corrected chi connectivity index (χ0v) is 20.1. The quantitative estimate of drug-likeness (QED) is 0.534. The zero-order valence-electron chi connectivity index (χ0n) is 20.1. The molecular formula is C30H31N3O2. The maximum absolute atomic E-state index is 14.0. The maximum Gasteiger partial charge on any atom is 0.257 e. The van der Waals surface area contributed by atoms with E-state index >= 15 is 0 Å². The van der Waals surface area contributed by atoms with E-state index in [0.717, 1.165) is 42.4 Å². The fourth-order valence-electron chi connectivity index (χ4n) is 5.04. The lowest BCUT2D eigenvalue weighted by Gasteiger charge is -2.33. The van der Waals surface area contributed by atoms with E-state index in [1.54, 1.807) is 11.0 Å². The van der Waals surface area contributed by atoms with Gasteiger partial charge in [-0.05, 0) is 43.0 Å². The second-order valence-electron chi connectivity index (χ2n) is 9.54. The van der Waals surface area contributed by atoms with Crippen LogP contribution in [0.1, 0.15) is 59.2 Å². The fourth-order valence-corrected chi connectivity index (χ4v) is 5.04. The predicted octanol–water partition coefficient (Wildman–Crippen LogP) is 5.59. The van der Waals surface area contributed by atoms with E-state index < -0.39 is 6.04 Å². The third-order valence-electron chi connectivity index (χ3n) is 6.95. The van der Waals surface area contributed by atoms with Crippen LogP contribution in [0.5, 0.6) is 0 Å². The number of rotatable bonds is 5. The van der Waals surface area contributed by atoms with Crippen molar-refractivity contribution in [2.45, 2.75) is 57.7 Å². The van der Waals surface area contributed by atoms with Gasteiger partial charge in [-0.3, -0.25) is 9.59 Å². The highest BCUT2D eigenvalue weighted by atomic mass is 16.2. The normalized spacial score (nSPS) is 18.4.